The largest absolute Gasteiger partial charge is 0.465 e. The minimum Gasteiger partial charge on any atom is -0.465 e. The maximum absolute atomic E-state index is 12.1. The van der Waals surface area contributed by atoms with Gasteiger partial charge in [-0.2, -0.15) is 0 Å². The Morgan fingerprint density at radius 1 is 1.25 bits per heavy atom. The zero-order chi connectivity index (χ0) is 17.6. The first kappa shape index (κ1) is 18.0. The molecule has 1 heterocycles. The lowest BCUT2D eigenvalue weighted by Gasteiger charge is -2.10. The van der Waals surface area contributed by atoms with E-state index in [0.717, 1.165) is 0 Å². The summed E-state index contributed by atoms with van der Waals surface area (Å²) in [6.45, 7) is 3.74. The van der Waals surface area contributed by atoms with E-state index in [1.54, 1.807) is 50.3 Å². The molecule has 2 rings (SSSR count). The van der Waals surface area contributed by atoms with Crippen LogP contribution in [0.4, 0.5) is 0 Å². The van der Waals surface area contributed by atoms with Crippen molar-refractivity contribution in [3.8, 4) is 0 Å². The van der Waals surface area contributed by atoms with E-state index in [0.29, 0.717) is 11.3 Å². The van der Waals surface area contributed by atoms with Crippen LogP contribution in [-0.2, 0) is 21.4 Å². The van der Waals surface area contributed by atoms with E-state index in [2.05, 4.69) is 10.0 Å². The molecule has 0 saturated carbocycles. The molecule has 0 unspecified atom stereocenters. The molecule has 0 spiro atoms. The fraction of sp³-hybridized carbons (Fsp3) is 0.235. The Bertz CT molecular complexity index is 809. The van der Waals surface area contributed by atoms with Gasteiger partial charge in [0.05, 0.1) is 11.2 Å². The van der Waals surface area contributed by atoms with Crippen LogP contribution in [0.25, 0.3) is 6.08 Å². The molecule has 24 heavy (non-hydrogen) atoms. The SMILES string of the molecule is CC(C)NS(=O)(=O)c1cccc(CNC(=O)/C=C/c2ccco2)c1. The first-order chi connectivity index (χ1) is 11.4. The second kappa shape index (κ2) is 7.94. The summed E-state index contributed by atoms with van der Waals surface area (Å²) in [7, 11) is -3.55. The second-order valence-corrected chi connectivity index (χ2v) is 7.20. The van der Waals surface area contributed by atoms with Crippen molar-refractivity contribution in [1.29, 1.82) is 0 Å². The summed E-state index contributed by atoms with van der Waals surface area (Å²) in [5.41, 5.74) is 0.696. The van der Waals surface area contributed by atoms with Crippen LogP contribution in [0.15, 0.2) is 58.1 Å². The maximum Gasteiger partial charge on any atom is 0.244 e. The molecule has 0 aliphatic rings. The topological polar surface area (TPSA) is 88.4 Å². The van der Waals surface area contributed by atoms with Crippen LogP contribution >= 0.6 is 0 Å². The molecule has 7 heteroatoms. The third-order valence-electron chi connectivity index (χ3n) is 3.01. The smallest absolute Gasteiger partial charge is 0.244 e. The number of carbonyl (C=O) groups excluding carboxylic acids is 1. The highest BCUT2D eigenvalue weighted by Crippen LogP contribution is 2.12. The third kappa shape index (κ3) is 5.36. The zero-order valence-corrected chi connectivity index (χ0v) is 14.3. The number of hydrogen-bond donors (Lipinski definition) is 2. The molecule has 0 aliphatic heterocycles. The lowest BCUT2D eigenvalue weighted by atomic mass is 10.2. The van der Waals surface area contributed by atoms with Gasteiger partial charge in [-0.15, -0.1) is 0 Å². The van der Waals surface area contributed by atoms with Crippen LogP contribution in [0.3, 0.4) is 0 Å². The number of furan rings is 1. The minimum atomic E-state index is -3.55. The van der Waals surface area contributed by atoms with E-state index in [1.807, 2.05) is 0 Å². The van der Waals surface area contributed by atoms with Gasteiger partial charge in [-0.3, -0.25) is 4.79 Å². The van der Waals surface area contributed by atoms with Gasteiger partial charge in [0.1, 0.15) is 5.76 Å². The van der Waals surface area contributed by atoms with Gasteiger partial charge >= 0.3 is 0 Å². The minimum absolute atomic E-state index is 0.175. The Morgan fingerprint density at radius 2 is 2.04 bits per heavy atom. The molecule has 0 bridgehead atoms. The Balaban J connectivity index is 1.98. The highest BCUT2D eigenvalue weighted by molar-refractivity contribution is 7.89. The van der Waals surface area contributed by atoms with Crippen molar-refractivity contribution >= 4 is 22.0 Å². The molecular formula is C17H20N2O4S. The van der Waals surface area contributed by atoms with E-state index in [1.165, 1.54) is 18.4 Å². The Hall–Kier alpha value is -2.38. The first-order valence-electron chi connectivity index (χ1n) is 7.47. The summed E-state index contributed by atoms with van der Waals surface area (Å²) in [4.78, 5) is 11.9. The Labute approximate surface area is 141 Å². The number of amides is 1. The van der Waals surface area contributed by atoms with Crippen LogP contribution in [0, 0.1) is 0 Å². The fourth-order valence-corrected chi connectivity index (χ4v) is 3.31. The van der Waals surface area contributed by atoms with E-state index in [4.69, 9.17) is 4.42 Å². The highest BCUT2D eigenvalue weighted by Gasteiger charge is 2.15. The molecule has 128 valence electrons. The summed E-state index contributed by atoms with van der Waals surface area (Å²) in [5.74, 6) is 0.290. The van der Waals surface area contributed by atoms with Gasteiger partial charge < -0.3 is 9.73 Å². The van der Waals surface area contributed by atoms with Gasteiger partial charge in [0.25, 0.3) is 0 Å². The number of sulfonamides is 1. The quantitative estimate of drug-likeness (QED) is 0.752. The molecule has 1 aromatic heterocycles. The monoisotopic (exact) mass is 348 g/mol. The molecule has 0 radical (unpaired) electrons. The summed E-state index contributed by atoms with van der Waals surface area (Å²) in [6.07, 6.45) is 4.44. The molecule has 2 N–H and O–H groups in total. The van der Waals surface area contributed by atoms with E-state index in [-0.39, 0.29) is 23.4 Å². The normalized spacial score (nSPS) is 12.0. The van der Waals surface area contributed by atoms with Crippen LogP contribution < -0.4 is 10.0 Å². The van der Waals surface area contributed by atoms with Gasteiger partial charge in [-0.1, -0.05) is 12.1 Å². The van der Waals surface area contributed by atoms with Gasteiger partial charge in [0, 0.05) is 18.7 Å². The van der Waals surface area contributed by atoms with Crippen molar-refractivity contribution in [2.24, 2.45) is 0 Å². The Morgan fingerprint density at radius 3 is 2.71 bits per heavy atom. The highest BCUT2D eigenvalue weighted by atomic mass is 32.2. The molecule has 0 saturated heterocycles. The van der Waals surface area contributed by atoms with E-state index >= 15 is 0 Å². The fourth-order valence-electron chi connectivity index (χ4n) is 1.99. The number of benzene rings is 1. The summed E-state index contributed by atoms with van der Waals surface area (Å²) in [6, 6.07) is 9.74. The molecule has 6 nitrogen and oxygen atoms in total. The maximum atomic E-state index is 12.1. The molecule has 1 aromatic carbocycles. The lowest BCUT2D eigenvalue weighted by Crippen LogP contribution is -2.30. The molecule has 0 fully saturated rings. The molecule has 1 amide bonds. The van der Waals surface area contributed by atoms with Gasteiger partial charge in [-0.05, 0) is 49.8 Å². The summed E-state index contributed by atoms with van der Waals surface area (Å²) >= 11 is 0. The average molecular weight is 348 g/mol. The third-order valence-corrected chi connectivity index (χ3v) is 4.66. The predicted octanol–water partition coefficient (Wildman–Crippen LogP) is 2.30. The van der Waals surface area contributed by atoms with Crippen molar-refractivity contribution in [2.45, 2.75) is 31.3 Å². The van der Waals surface area contributed by atoms with Crippen LogP contribution in [-0.4, -0.2) is 20.4 Å². The molecule has 0 atom stereocenters. The van der Waals surface area contributed by atoms with E-state index < -0.39 is 10.0 Å². The van der Waals surface area contributed by atoms with Crippen LogP contribution in [0.2, 0.25) is 0 Å². The van der Waals surface area contributed by atoms with Gasteiger partial charge in [0.15, 0.2) is 0 Å². The summed E-state index contributed by atoms with van der Waals surface area (Å²) < 4.78 is 31.9. The second-order valence-electron chi connectivity index (χ2n) is 5.49. The van der Waals surface area contributed by atoms with Crippen LogP contribution in [0.1, 0.15) is 25.2 Å². The first-order valence-corrected chi connectivity index (χ1v) is 8.96. The number of nitrogens with one attached hydrogen (secondary N) is 2. The van der Waals surface area contributed by atoms with Crippen molar-refractivity contribution in [3.05, 3.63) is 60.1 Å². The van der Waals surface area contributed by atoms with Gasteiger partial charge in [0.2, 0.25) is 15.9 Å². The molecular weight excluding hydrogens is 328 g/mol. The number of hydrogen-bond acceptors (Lipinski definition) is 4. The average Bonchev–Trinajstić information content (AvgIpc) is 3.03. The summed E-state index contributed by atoms with van der Waals surface area (Å²) in [5, 5.41) is 2.70. The van der Waals surface area contributed by atoms with E-state index in [9.17, 15) is 13.2 Å². The number of rotatable bonds is 7. The van der Waals surface area contributed by atoms with Crippen molar-refractivity contribution in [3.63, 3.8) is 0 Å². The molecule has 0 aliphatic carbocycles. The lowest BCUT2D eigenvalue weighted by molar-refractivity contribution is -0.116. The molecule has 2 aromatic rings. The Kier molecular flexibility index (Phi) is 5.94. The zero-order valence-electron chi connectivity index (χ0n) is 13.5. The number of carbonyl (C=O) groups is 1. The standard InChI is InChI=1S/C17H20N2O4S/c1-13(2)19-24(21,22)16-7-3-5-14(11-16)12-18-17(20)9-8-15-6-4-10-23-15/h3-11,13,19H,12H2,1-2H3,(H,18,20)/b9-8+. The van der Waals surface area contributed by atoms with Crippen molar-refractivity contribution in [2.75, 3.05) is 0 Å². The van der Waals surface area contributed by atoms with Crippen molar-refractivity contribution < 1.29 is 17.6 Å². The van der Waals surface area contributed by atoms with Crippen LogP contribution in [0.5, 0.6) is 0 Å². The van der Waals surface area contributed by atoms with Crippen molar-refractivity contribution in [1.82, 2.24) is 10.0 Å². The predicted molar refractivity (Wildman–Crippen MR) is 91.5 cm³/mol. The van der Waals surface area contributed by atoms with Gasteiger partial charge in [-0.25, -0.2) is 13.1 Å².